The van der Waals surface area contributed by atoms with E-state index in [0.717, 1.165) is 55.0 Å². The summed E-state index contributed by atoms with van der Waals surface area (Å²) < 4.78 is 19.1. The Balaban J connectivity index is 2.28. The SMILES string of the molecule is CCCCc1ncc(/C=C(/Cc2ccc(C)o2)C(=O)OCC)n1COCC[Si](C)(C)C. The summed E-state index contributed by atoms with van der Waals surface area (Å²) in [6.45, 7) is 14.4. The van der Waals surface area contributed by atoms with E-state index in [1.165, 1.54) is 0 Å². The normalized spacial score (nSPS) is 12.4. The van der Waals surface area contributed by atoms with Crippen LogP contribution in [0.25, 0.3) is 6.08 Å². The highest BCUT2D eigenvalue weighted by Crippen LogP contribution is 2.19. The molecule has 2 heterocycles. The molecule has 0 radical (unpaired) electrons. The van der Waals surface area contributed by atoms with Crippen LogP contribution in [-0.4, -0.2) is 36.8 Å². The fourth-order valence-corrected chi connectivity index (χ4v) is 3.87. The number of esters is 1. The van der Waals surface area contributed by atoms with Crippen molar-refractivity contribution >= 4 is 20.1 Å². The van der Waals surface area contributed by atoms with Gasteiger partial charge in [0.15, 0.2) is 0 Å². The topological polar surface area (TPSA) is 66.5 Å². The first-order valence-corrected chi connectivity index (χ1v) is 15.0. The predicted molar refractivity (Wildman–Crippen MR) is 127 cm³/mol. The van der Waals surface area contributed by atoms with Gasteiger partial charge in [-0.1, -0.05) is 33.0 Å². The van der Waals surface area contributed by atoms with Crippen LogP contribution in [0.15, 0.2) is 28.3 Å². The average molecular weight is 447 g/mol. The fraction of sp³-hybridized carbons (Fsp3) is 0.583. The first-order valence-electron chi connectivity index (χ1n) is 11.3. The number of nitrogens with zero attached hydrogens (tertiary/aromatic N) is 2. The van der Waals surface area contributed by atoms with Crippen LogP contribution in [0.3, 0.4) is 0 Å². The standard InChI is InChI=1S/C24H38N2O4Si/c1-7-9-10-23-25-17-21(26(23)18-28-13-14-31(4,5)6)15-20(24(27)29-8-2)16-22-12-11-19(3)30-22/h11-12,15,17H,7-10,13-14,16,18H2,1-6H3/b20-15-. The van der Waals surface area contributed by atoms with Gasteiger partial charge in [0, 0.05) is 33.1 Å². The largest absolute Gasteiger partial charge is 0.466 e. The van der Waals surface area contributed by atoms with E-state index in [2.05, 4.69) is 36.1 Å². The van der Waals surface area contributed by atoms with Gasteiger partial charge in [-0.15, -0.1) is 0 Å². The first kappa shape index (κ1) is 25.1. The van der Waals surface area contributed by atoms with Crippen molar-refractivity contribution in [2.75, 3.05) is 13.2 Å². The van der Waals surface area contributed by atoms with Gasteiger partial charge < -0.3 is 18.5 Å². The van der Waals surface area contributed by atoms with Gasteiger partial charge >= 0.3 is 5.97 Å². The van der Waals surface area contributed by atoms with Crippen LogP contribution < -0.4 is 0 Å². The quantitative estimate of drug-likeness (QED) is 0.173. The number of unbranched alkanes of at least 4 members (excludes halogenated alkanes) is 1. The second kappa shape index (κ2) is 12.1. The third-order valence-corrected chi connectivity index (χ3v) is 6.66. The Hall–Kier alpha value is -2.12. The Labute approximate surface area is 187 Å². The molecule has 7 heteroatoms. The number of hydrogen-bond acceptors (Lipinski definition) is 5. The van der Waals surface area contributed by atoms with Crippen molar-refractivity contribution in [3.8, 4) is 0 Å². The summed E-state index contributed by atoms with van der Waals surface area (Å²) in [5.41, 5.74) is 1.40. The van der Waals surface area contributed by atoms with Gasteiger partial charge in [-0.3, -0.25) is 0 Å². The molecule has 0 amide bonds. The second-order valence-corrected chi connectivity index (χ2v) is 14.7. The van der Waals surface area contributed by atoms with Crippen molar-refractivity contribution in [2.24, 2.45) is 0 Å². The predicted octanol–water partition coefficient (Wildman–Crippen LogP) is 5.63. The molecule has 31 heavy (non-hydrogen) atoms. The number of aryl methyl sites for hydroxylation is 2. The summed E-state index contributed by atoms with van der Waals surface area (Å²) in [5.74, 6) is 2.21. The Morgan fingerprint density at radius 2 is 2.03 bits per heavy atom. The third kappa shape index (κ3) is 8.49. The maximum atomic E-state index is 12.6. The van der Waals surface area contributed by atoms with E-state index < -0.39 is 8.07 Å². The van der Waals surface area contributed by atoms with Crippen molar-refractivity contribution in [3.05, 3.63) is 46.9 Å². The molecule has 172 valence electrons. The molecule has 0 spiro atoms. The Morgan fingerprint density at radius 1 is 1.26 bits per heavy atom. The van der Waals surface area contributed by atoms with Crippen LogP contribution in [0.5, 0.6) is 0 Å². The molecule has 2 aromatic rings. The number of aromatic nitrogens is 2. The molecule has 0 saturated carbocycles. The van der Waals surface area contributed by atoms with E-state index in [-0.39, 0.29) is 5.97 Å². The fourth-order valence-electron chi connectivity index (χ4n) is 3.11. The zero-order chi connectivity index (χ0) is 22.9. The summed E-state index contributed by atoms with van der Waals surface area (Å²) in [5, 5.41) is 0. The summed E-state index contributed by atoms with van der Waals surface area (Å²) >= 11 is 0. The number of ether oxygens (including phenoxy) is 2. The molecule has 0 unspecified atom stereocenters. The van der Waals surface area contributed by atoms with Crippen molar-refractivity contribution < 1.29 is 18.7 Å². The molecule has 6 nitrogen and oxygen atoms in total. The maximum Gasteiger partial charge on any atom is 0.334 e. The van der Waals surface area contributed by atoms with Crippen LogP contribution >= 0.6 is 0 Å². The molecule has 2 aromatic heterocycles. The van der Waals surface area contributed by atoms with Crippen molar-refractivity contribution in [1.82, 2.24) is 9.55 Å². The lowest BCUT2D eigenvalue weighted by atomic mass is 10.1. The highest BCUT2D eigenvalue weighted by Gasteiger charge is 2.17. The van der Waals surface area contributed by atoms with Crippen LogP contribution in [0.4, 0.5) is 0 Å². The lowest BCUT2D eigenvalue weighted by molar-refractivity contribution is -0.138. The molecule has 0 bridgehead atoms. The van der Waals surface area contributed by atoms with Crippen molar-refractivity contribution in [1.29, 1.82) is 0 Å². The number of carbonyl (C=O) groups excluding carboxylic acids is 1. The van der Waals surface area contributed by atoms with Crippen LogP contribution in [-0.2, 0) is 33.8 Å². The number of furan rings is 1. The molecule has 0 fully saturated rings. The summed E-state index contributed by atoms with van der Waals surface area (Å²) in [6, 6.07) is 4.91. The lowest BCUT2D eigenvalue weighted by Crippen LogP contribution is -2.22. The summed E-state index contributed by atoms with van der Waals surface area (Å²) in [7, 11) is -1.15. The molecule has 0 aliphatic heterocycles. The van der Waals surface area contributed by atoms with Gasteiger partial charge in [-0.25, -0.2) is 9.78 Å². The second-order valence-electron chi connectivity index (χ2n) is 9.06. The lowest BCUT2D eigenvalue weighted by Gasteiger charge is -2.17. The molecule has 0 aromatic carbocycles. The minimum absolute atomic E-state index is 0.328. The average Bonchev–Trinajstić information content (AvgIpc) is 3.28. The Bertz CT molecular complexity index is 861. The molecular weight excluding hydrogens is 408 g/mol. The minimum atomic E-state index is -1.15. The molecule has 0 N–H and O–H groups in total. The number of carbonyl (C=O) groups is 1. The van der Waals surface area contributed by atoms with Gasteiger partial charge in [0.25, 0.3) is 0 Å². The van der Waals surface area contributed by atoms with E-state index >= 15 is 0 Å². The van der Waals surface area contributed by atoms with Gasteiger partial charge in [0.2, 0.25) is 0 Å². The highest BCUT2D eigenvalue weighted by molar-refractivity contribution is 6.76. The van der Waals surface area contributed by atoms with E-state index in [1.807, 2.05) is 38.3 Å². The minimum Gasteiger partial charge on any atom is -0.466 e. The molecular formula is C24H38N2O4Si. The molecule has 0 aliphatic carbocycles. The van der Waals surface area contributed by atoms with Crippen LogP contribution in [0.1, 0.15) is 49.7 Å². The highest BCUT2D eigenvalue weighted by atomic mass is 28.3. The van der Waals surface area contributed by atoms with Gasteiger partial charge in [0.05, 0.1) is 18.5 Å². The third-order valence-electron chi connectivity index (χ3n) is 4.96. The molecule has 0 aliphatic rings. The van der Waals surface area contributed by atoms with Gasteiger partial charge in [-0.05, 0) is 44.5 Å². The Morgan fingerprint density at radius 3 is 2.65 bits per heavy atom. The van der Waals surface area contributed by atoms with Crippen LogP contribution in [0, 0.1) is 6.92 Å². The van der Waals surface area contributed by atoms with Gasteiger partial charge in [0.1, 0.15) is 24.1 Å². The zero-order valence-corrected chi connectivity index (χ0v) is 21.0. The maximum absolute atomic E-state index is 12.6. The van der Waals surface area contributed by atoms with E-state index in [1.54, 1.807) is 0 Å². The molecule has 0 saturated heterocycles. The monoisotopic (exact) mass is 446 g/mol. The van der Waals surface area contributed by atoms with E-state index in [4.69, 9.17) is 13.9 Å². The summed E-state index contributed by atoms with van der Waals surface area (Å²) in [4.78, 5) is 17.3. The number of hydrogen-bond donors (Lipinski definition) is 0. The molecule has 0 atom stereocenters. The van der Waals surface area contributed by atoms with Crippen molar-refractivity contribution in [3.63, 3.8) is 0 Å². The smallest absolute Gasteiger partial charge is 0.334 e. The van der Waals surface area contributed by atoms with Crippen molar-refractivity contribution in [2.45, 2.75) is 78.9 Å². The Kier molecular flexibility index (Phi) is 9.77. The zero-order valence-electron chi connectivity index (χ0n) is 20.0. The number of imidazole rings is 1. The molecule has 2 rings (SSSR count). The first-order chi connectivity index (χ1) is 14.7. The van der Waals surface area contributed by atoms with E-state index in [9.17, 15) is 4.79 Å². The number of rotatable bonds is 13. The van der Waals surface area contributed by atoms with Gasteiger partial charge in [-0.2, -0.15) is 0 Å². The van der Waals surface area contributed by atoms with E-state index in [0.29, 0.717) is 25.3 Å². The summed E-state index contributed by atoms with van der Waals surface area (Å²) in [6.07, 6.45) is 7.10. The van der Waals surface area contributed by atoms with Crippen LogP contribution in [0.2, 0.25) is 25.7 Å².